The zero-order valence-corrected chi connectivity index (χ0v) is 12.7. The first-order chi connectivity index (χ1) is 9.49. The molecule has 2 amide bonds. The van der Waals surface area contributed by atoms with Crippen LogP contribution in [-0.4, -0.2) is 33.8 Å². The zero-order valence-electron chi connectivity index (χ0n) is 12.7. The van der Waals surface area contributed by atoms with Crippen LogP contribution in [0.25, 0.3) is 0 Å². The summed E-state index contributed by atoms with van der Waals surface area (Å²) in [6, 6.07) is -0.321. The summed E-state index contributed by atoms with van der Waals surface area (Å²) in [6.45, 7) is 4.05. The third-order valence-electron chi connectivity index (χ3n) is 5.73. The Morgan fingerprint density at radius 2 is 1.55 bits per heavy atom. The van der Waals surface area contributed by atoms with Crippen LogP contribution in [0.2, 0.25) is 0 Å². The second-order valence-corrected chi connectivity index (χ2v) is 7.19. The molecule has 1 heterocycles. The van der Waals surface area contributed by atoms with Crippen molar-refractivity contribution in [2.24, 2.45) is 0 Å². The Labute approximate surface area is 121 Å². The highest BCUT2D eigenvalue weighted by molar-refractivity contribution is 6.00. The van der Waals surface area contributed by atoms with Crippen molar-refractivity contribution in [3.63, 3.8) is 0 Å². The predicted octanol–water partition coefficient (Wildman–Crippen LogP) is 2.37. The molecule has 1 atom stereocenters. The second-order valence-electron chi connectivity index (χ2n) is 7.19. The van der Waals surface area contributed by atoms with Crippen LogP contribution in [0.3, 0.4) is 0 Å². The van der Waals surface area contributed by atoms with Gasteiger partial charge in [0.1, 0.15) is 11.6 Å². The monoisotopic (exact) mass is 278 g/mol. The SMILES string of the molecule is CC1C(=O)NC2(CCCCC2)C(=O)N1C1(C)CCCC1. The van der Waals surface area contributed by atoms with E-state index in [9.17, 15) is 9.59 Å². The van der Waals surface area contributed by atoms with Gasteiger partial charge in [0.25, 0.3) is 0 Å². The summed E-state index contributed by atoms with van der Waals surface area (Å²) in [5.41, 5.74) is -0.702. The standard InChI is InChI=1S/C16H26N2O2/c1-12-13(19)17-16(10-4-3-5-11-16)14(20)18(12)15(2)8-6-7-9-15/h12H,3-11H2,1-2H3,(H,17,19). The Hall–Kier alpha value is -1.06. The van der Waals surface area contributed by atoms with E-state index in [4.69, 9.17) is 0 Å². The van der Waals surface area contributed by atoms with Crippen molar-refractivity contribution in [3.05, 3.63) is 0 Å². The molecule has 0 radical (unpaired) electrons. The highest BCUT2D eigenvalue weighted by atomic mass is 16.2. The van der Waals surface area contributed by atoms with Gasteiger partial charge in [-0.2, -0.15) is 0 Å². The number of rotatable bonds is 1. The minimum atomic E-state index is -0.590. The second kappa shape index (κ2) is 4.74. The van der Waals surface area contributed by atoms with E-state index >= 15 is 0 Å². The van der Waals surface area contributed by atoms with Crippen molar-refractivity contribution < 1.29 is 9.59 Å². The fourth-order valence-corrected chi connectivity index (χ4v) is 4.50. The summed E-state index contributed by atoms with van der Waals surface area (Å²) in [5.74, 6) is 0.230. The van der Waals surface area contributed by atoms with E-state index in [0.29, 0.717) is 0 Å². The first-order valence-corrected chi connectivity index (χ1v) is 8.14. The maximum absolute atomic E-state index is 13.2. The Bertz CT molecular complexity index is 420. The fraction of sp³-hybridized carbons (Fsp3) is 0.875. The van der Waals surface area contributed by atoms with Gasteiger partial charge in [-0.25, -0.2) is 0 Å². The van der Waals surface area contributed by atoms with Crippen LogP contribution in [-0.2, 0) is 9.59 Å². The van der Waals surface area contributed by atoms with Crippen LogP contribution in [0.4, 0.5) is 0 Å². The van der Waals surface area contributed by atoms with E-state index in [2.05, 4.69) is 12.2 Å². The number of piperazine rings is 1. The normalized spacial score (nSPS) is 32.5. The Balaban J connectivity index is 1.94. The molecule has 0 bridgehead atoms. The first-order valence-electron chi connectivity index (χ1n) is 8.14. The average Bonchev–Trinajstić information content (AvgIpc) is 2.86. The molecule has 4 heteroatoms. The molecule has 2 saturated carbocycles. The predicted molar refractivity (Wildman–Crippen MR) is 77.1 cm³/mol. The maximum atomic E-state index is 13.2. The molecule has 0 aromatic heterocycles. The number of nitrogens with zero attached hydrogens (tertiary/aromatic N) is 1. The number of amides is 2. The van der Waals surface area contributed by atoms with Gasteiger partial charge >= 0.3 is 0 Å². The lowest BCUT2D eigenvalue weighted by atomic mass is 9.77. The Kier molecular flexibility index (Phi) is 3.30. The lowest BCUT2D eigenvalue weighted by Crippen LogP contribution is -2.73. The van der Waals surface area contributed by atoms with Crippen LogP contribution < -0.4 is 5.32 Å². The molecule has 112 valence electrons. The van der Waals surface area contributed by atoms with Gasteiger partial charge in [0, 0.05) is 5.54 Å². The van der Waals surface area contributed by atoms with E-state index in [1.807, 2.05) is 11.8 Å². The number of hydrogen-bond acceptors (Lipinski definition) is 2. The van der Waals surface area contributed by atoms with Gasteiger partial charge in [0.15, 0.2) is 0 Å². The molecule has 1 aliphatic heterocycles. The molecule has 4 nitrogen and oxygen atoms in total. The molecule has 20 heavy (non-hydrogen) atoms. The van der Waals surface area contributed by atoms with Crippen LogP contribution in [0.5, 0.6) is 0 Å². The van der Waals surface area contributed by atoms with Gasteiger partial charge in [0.05, 0.1) is 0 Å². The zero-order chi connectivity index (χ0) is 14.4. The largest absolute Gasteiger partial charge is 0.340 e. The van der Waals surface area contributed by atoms with E-state index in [1.165, 1.54) is 19.3 Å². The molecule has 3 rings (SSSR count). The van der Waals surface area contributed by atoms with Crippen molar-refractivity contribution in [1.82, 2.24) is 10.2 Å². The third-order valence-corrected chi connectivity index (χ3v) is 5.73. The smallest absolute Gasteiger partial charge is 0.249 e. The number of nitrogens with one attached hydrogen (secondary N) is 1. The van der Waals surface area contributed by atoms with E-state index < -0.39 is 5.54 Å². The molecule has 1 spiro atoms. The third kappa shape index (κ3) is 1.95. The summed E-state index contributed by atoms with van der Waals surface area (Å²) >= 11 is 0. The van der Waals surface area contributed by atoms with Crippen LogP contribution >= 0.6 is 0 Å². The highest BCUT2D eigenvalue weighted by Crippen LogP contribution is 2.41. The minimum Gasteiger partial charge on any atom is -0.340 e. The summed E-state index contributed by atoms with van der Waals surface area (Å²) < 4.78 is 0. The molecule has 3 aliphatic rings. The molecule has 2 aliphatic carbocycles. The quantitative estimate of drug-likeness (QED) is 0.800. The van der Waals surface area contributed by atoms with Gasteiger partial charge in [0.2, 0.25) is 11.8 Å². The van der Waals surface area contributed by atoms with E-state index in [1.54, 1.807) is 0 Å². The average molecular weight is 278 g/mol. The molecule has 1 unspecified atom stereocenters. The van der Waals surface area contributed by atoms with Crippen molar-refractivity contribution in [2.75, 3.05) is 0 Å². The fourth-order valence-electron chi connectivity index (χ4n) is 4.50. The first kappa shape index (κ1) is 13.9. The maximum Gasteiger partial charge on any atom is 0.249 e. The number of hydrogen-bond donors (Lipinski definition) is 1. The molecule has 0 aromatic carbocycles. The molecule has 3 fully saturated rings. The van der Waals surface area contributed by atoms with Crippen LogP contribution in [0.1, 0.15) is 71.6 Å². The Morgan fingerprint density at radius 3 is 2.15 bits per heavy atom. The molecular weight excluding hydrogens is 252 g/mol. The van der Waals surface area contributed by atoms with E-state index in [0.717, 1.165) is 38.5 Å². The minimum absolute atomic E-state index is 0.0413. The highest BCUT2D eigenvalue weighted by Gasteiger charge is 2.54. The Morgan fingerprint density at radius 1 is 1.00 bits per heavy atom. The summed E-state index contributed by atoms with van der Waals surface area (Å²) in [7, 11) is 0. The summed E-state index contributed by atoms with van der Waals surface area (Å²) in [6.07, 6.45) is 9.31. The van der Waals surface area contributed by atoms with Crippen molar-refractivity contribution >= 4 is 11.8 Å². The number of carbonyl (C=O) groups is 2. The lowest BCUT2D eigenvalue weighted by molar-refractivity contribution is -0.163. The van der Waals surface area contributed by atoms with Gasteiger partial charge in [-0.1, -0.05) is 32.1 Å². The number of carbonyl (C=O) groups excluding carboxylic acids is 2. The van der Waals surface area contributed by atoms with Gasteiger partial charge in [-0.15, -0.1) is 0 Å². The molecular formula is C16H26N2O2. The molecule has 1 saturated heterocycles. The van der Waals surface area contributed by atoms with Crippen LogP contribution in [0.15, 0.2) is 0 Å². The van der Waals surface area contributed by atoms with Crippen molar-refractivity contribution in [3.8, 4) is 0 Å². The van der Waals surface area contributed by atoms with Gasteiger partial charge < -0.3 is 10.2 Å². The molecule has 1 N–H and O–H groups in total. The van der Waals surface area contributed by atoms with Gasteiger partial charge in [-0.05, 0) is 39.5 Å². The van der Waals surface area contributed by atoms with E-state index in [-0.39, 0.29) is 23.4 Å². The van der Waals surface area contributed by atoms with Gasteiger partial charge in [-0.3, -0.25) is 9.59 Å². The van der Waals surface area contributed by atoms with Crippen LogP contribution in [0, 0.1) is 0 Å². The molecule has 0 aromatic rings. The summed E-state index contributed by atoms with van der Waals surface area (Å²) in [4.78, 5) is 27.5. The topological polar surface area (TPSA) is 49.4 Å². The summed E-state index contributed by atoms with van der Waals surface area (Å²) in [5, 5.41) is 3.07. The van der Waals surface area contributed by atoms with Crippen molar-refractivity contribution in [1.29, 1.82) is 0 Å². The van der Waals surface area contributed by atoms with Crippen molar-refractivity contribution in [2.45, 2.75) is 88.8 Å². The lowest BCUT2D eigenvalue weighted by Gasteiger charge is -2.52.